The molecule has 0 fully saturated rings. The molecule has 0 aliphatic carbocycles. The van der Waals surface area contributed by atoms with E-state index >= 15 is 0 Å². The molecular formula is C31H33O3P. The third-order valence-electron chi connectivity index (χ3n) is 6.71. The molecule has 4 aromatic rings. The Hall–Kier alpha value is -3.42. The summed E-state index contributed by atoms with van der Waals surface area (Å²) in [6.45, 7) is 3.95. The van der Waals surface area contributed by atoms with Gasteiger partial charge in [-0.15, -0.1) is 0 Å². The molecule has 0 N–H and O–H groups in total. The van der Waals surface area contributed by atoms with Crippen molar-refractivity contribution in [2.24, 2.45) is 0 Å². The quantitative estimate of drug-likeness (QED) is 0.296. The van der Waals surface area contributed by atoms with Crippen LogP contribution in [0, 0.1) is 20.8 Å². The van der Waals surface area contributed by atoms with Crippen molar-refractivity contribution in [3.63, 3.8) is 0 Å². The van der Waals surface area contributed by atoms with Crippen molar-refractivity contribution in [3.05, 3.63) is 119 Å². The Bertz CT molecular complexity index is 1190. The molecule has 180 valence electrons. The minimum atomic E-state index is -3.79. The van der Waals surface area contributed by atoms with E-state index in [1.54, 1.807) is 7.11 Å². The van der Waals surface area contributed by atoms with Gasteiger partial charge in [-0.25, -0.2) is 0 Å². The summed E-state index contributed by atoms with van der Waals surface area (Å²) in [5.74, 6) is 0.500. The third-order valence-corrected chi connectivity index (χ3v) is 12.5. The molecule has 0 aliphatic rings. The molecule has 4 aromatic carbocycles. The van der Waals surface area contributed by atoms with E-state index in [1.807, 2.05) is 12.1 Å². The summed E-state index contributed by atoms with van der Waals surface area (Å²) in [5, 5.41) is 3.08. The van der Waals surface area contributed by atoms with Crippen molar-refractivity contribution in [2.45, 2.75) is 33.9 Å². The molecular weight excluding hydrogens is 451 g/mol. The van der Waals surface area contributed by atoms with Gasteiger partial charge in [0.25, 0.3) is 0 Å². The van der Waals surface area contributed by atoms with Crippen molar-refractivity contribution in [2.75, 3.05) is 7.11 Å². The van der Waals surface area contributed by atoms with Gasteiger partial charge in [0.05, 0.1) is 0 Å². The predicted molar refractivity (Wildman–Crippen MR) is 148 cm³/mol. The second-order valence-electron chi connectivity index (χ2n) is 9.31. The van der Waals surface area contributed by atoms with E-state index in [2.05, 4.69) is 106 Å². The van der Waals surface area contributed by atoms with Crippen molar-refractivity contribution in [1.29, 1.82) is 0 Å². The Morgan fingerprint density at radius 3 is 1.31 bits per heavy atom. The number of benzene rings is 4. The Morgan fingerprint density at radius 2 is 1.00 bits per heavy atom. The first-order valence-corrected chi connectivity index (χ1v) is 14.2. The van der Waals surface area contributed by atoms with Gasteiger partial charge in [-0.3, -0.25) is 0 Å². The van der Waals surface area contributed by atoms with Gasteiger partial charge in [0.2, 0.25) is 0 Å². The van der Waals surface area contributed by atoms with Gasteiger partial charge in [0.1, 0.15) is 0 Å². The zero-order chi connectivity index (χ0) is 25.1. The maximum absolute atomic E-state index is 13.1. The van der Waals surface area contributed by atoms with E-state index < -0.39 is 6.83 Å². The van der Waals surface area contributed by atoms with E-state index in [1.165, 1.54) is 6.92 Å². The maximum atomic E-state index is 13.1. The van der Waals surface area contributed by atoms with Gasteiger partial charge in [0.15, 0.2) is 0 Å². The number of rotatable bonds is 7. The van der Waals surface area contributed by atoms with Crippen LogP contribution in [0.2, 0.25) is 0 Å². The van der Waals surface area contributed by atoms with Crippen LogP contribution in [0.5, 0.6) is 5.75 Å². The van der Waals surface area contributed by atoms with Gasteiger partial charge < -0.3 is 0 Å². The first-order valence-electron chi connectivity index (χ1n) is 11.8. The van der Waals surface area contributed by atoms with Crippen molar-refractivity contribution < 1.29 is 14.1 Å². The molecule has 0 radical (unpaired) electrons. The molecule has 0 spiro atoms. The van der Waals surface area contributed by atoms with E-state index in [4.69, 9.17) is 9.26 Å². The van der Waals surface area contributed by atoms with Crippen LogP contribution < -0.4 is 20.7 Å². The SMILES string of the molecule is COc1ccc(CP(OC(C)=O)(c2ccc(C)cc2)(c2ccc(C)cc2)c2ccc(C)cc2)cc1. The molecule has 0 bridgehead atoms. The number of ether oxygens (including phenoxy) is 1. The predicted octanol–water partition coefficient (Wildman–Crippen LogP) is 6.13. The van der Waals surface area contributed by atoms with Crippen LogP contribution in [0.4, 0.5) is 0 Å². The molecule has 0 aromatic heterocycles. The van der Waals surface area contributed by atoms with E-state index in [0.29, 0.717) is 6.16 Å². The summed E-state index contributed by atoms with van der Waals surface area (Å²) in [7, 11) is 1.67. The van der Waals surface area contributed by atoms with Gasteiger partial charge in [0, 0.05) is 0 Å². The fraction of sp³-hybridized carbons (Fsp3) is 0.194. The zero-order valence-electron chi connectivity index (χ0n) is 21.1. The van der Waals surface area contributed by atoms with Crippen LogP contribution in [0.3, 0.4) is 0 Å². The molecule has 0 aliphatic heterocycles. The molecule has 0 saturated heterocycles. The third kappa shape index (κ3) is 4.49. The molecule has 0 heterocycles. The summed E-state index contributed by atoms with van der Waals surface area (Å²) in [5.41, 5.74) is 4.55. The number of hydrogen-bond acceptors (Lipinski definition) is 3. The van der Waals surface area contributed by atoms with Crippen LogP contribution in [0.1, 0.15) is 29.2 Å². The average Bonchev–Trinajstić information content (AvgIpc) is 2.85. The van der Waals surface area contributed by atoms with Gasteiger partial charge in [-0.1, -0.05) is 0 Å². The summed E-state index contributed by atoms with van der Waals surface area (Å²) < 4.78 is 12.2. The van der Waals surface area contributed by atoms with Crippen LogP contribution >= 0.6 is 6.83 Å². The first kappa shape index (κ1) is 24.7. The molecule has 4 rings (SSSR count). The van der Waals surface area contributed by atoms with Gasteiger partial charge >= 0.3 is 209 Å². The Labute approximate surface area is 208 Å². The Kier molecular flexibility index (Phi) is 6.83. The topological polar surface area (TPSA) is 35.5 Å². The average molecular weight is 485 g/mol. The number of carbonyl (C=O) groups is 1. The second-order valence-corrected chi connectivity index (χ2v) is 13.8. The van der Waals surface area contributed by atoms with Gasteiger partial charge in [-0.05, 0) is 0 Å². The van der Waals surface area contributed by atoms with Crippen LogP contribution in [0.15, 0.2) is 97.1 Å². The molecule has 0 unspecified atom stereocenters. The monoisotopic (exact) mass is 484 g/mol. The van der Waals surface area contributed by atoms with Crippen LogP contribution in [-0.2, 0) is 15.5 Å². The first-order chi connectivity index (χ1) is 16.8. The number of hydrogen-bond donors (Lipinski definition) is 0. The summed E-state index contributed by atoms with van der Waals surface area (Å²) >= 11 is 0. The minimum absolute atomic E-state index is 0.294. The number of aryl methyl sites for hydroxylation is 3. The van der Waals surface area contributed by atoms with Crippen LogP contribution in [0.25, 0.3) is 0 Å². The van der Waals surface area contributed by atoms with E-state index in [-0.39, 0.29) is 5.97 Å². The zero-order valence-corrected chi connectivity index (χ0v) is 22.0. The number of methoxy groups -OCH3 is 1. The second kappa shape index (κ2) is 9.68. The molecule has 4 heteroatoms. The normalized spacial score (nSPS) is 12.4. The molecule has 3 nitrogen and oxygen atoms in total. The summed E-state index contributed by atoms with van der Waals surface area (Å²) in [4.78, 5) is 13.1. The fourth-order valence-electron chi connectivity index (χ4n) is 4.85. The molecule has 35 heavy (non-hydrogen) atoms. The Morgan fingerprint density at radius 1 is 0.629 bits per heavy atom. The Balaban J connectivity index is 2.17. The van der Waals surface area contributed by atoms with Crippen LogP contribution in [-0.4, -0.2) is 13.1 Å². The number of carbonyl (C=O) groups excluding carboxylic acids is 1. The van der Waals surface area contributed by atoms with E-state index in [9.17, 15) is 4.79 Å². The molecule has 0 atom stereocenters. The summed E-state index contributed by atoms with van der Waals surface area (Å²) in [6, 6.07) is 33.5. The van der Waals surface area contributed by atoms with Gasteiger partial charge in [-0.2, -0.15) is 0 Å². The fourth-order valence-corrected chi connectivity index (χ4v) is 10.5. The van der Waals surface area contributed by atoms with E-state index in [0.717, 1.165) is 43.9 Å². The van der Waals surface area contributed by atoms with Crippen molar-refractivity contribution in [3.8, 4) is 5.75 Å². The standard InChI is InChI=1S/C31H33O3P/c1-23-6-16-29(17-7-23)35(34-26(4)32,30-18-8-24(2)9-19-30,31-20-10-25(3)11-21-31)22-27-12-14-28(33-5)15-13-27/h6-21H,22H2,1-5H3. The van der Waals surface area contributed by atoms with Crippen molar-refractivity contribution >= 4 is 28.7 Å². The molecule has 0 saturated carbocycles. The molecule has 0 amide bonds. The summed E-state index contributed by atoms with van der Waals surface area (Å²) in [6.07, 6.45) is 0.546. The van der Waals surface area contributed by atoms with Crippen molar-refractivity contribution in [1.82, 2.24) is 0 Å².